The minimum Gasteiger partial charge on any atom is -0.346 e. The second kappa shape index (κ2) is 4.17. The Morgan fingerprint density at radius 2 is 2.18 bits per heavy atom. The second-order valence-electron chi connectivity index (χ2n) is 4.34. The smallest absolute Gasteiger partial charge is 0.103 e. The van der Waals surface area contributed by atoms with E-state index in [2.05, 4.69) is 21.4 Å². The summed E-state index contributed by atoms with van der Waals surface area (Å²) < 4.78 is 0. The Labute approximate surface area is 105 Å². The van der Waals surface area contributed by atoms with Gasteiger partial charge in [-0.1, -0.05) is 29.8 Å². The lowest BCUT2D eigenvalue weighted by Gasteiger charge is -2.24. The van der Waals surface area contributed by atoms with Crippen molar-refractivity contribution in [3.63, 3.8) is 0 Å². The van der Waals surface area contributed by atoms with Gasteiger partial charge in [0.05, 0.1) is 11.7 Å². The molecule has 88 valence electrons. The first-order valence-corrected chi connectivity index (χ1v) is 6.16. The van der Waals surface area contributed by atoms with Gasteiger partial charge in [-0.05, 0) is 18.6 Å². The summed E-state index contributed by atoms with van der Waals surface area (Å²) in [6, 6.07) is 8.05. The van der Waals surface area contributed by atoms with E-state index in [0.717, 1.165) is 35.1 Å². The van der Waals surface area contributed by atoms with Crippen molar-refractivity contribution in [3.05, 3.63) is 52.1 Å². The van der Waals surface area contributed by atoms with Crippen LogP contribution >= 0.6 is 11.6 Å². The molecule has 0 amide bonds. The molecule has 1 atom stereocenters. The lowest BCUT2D eigenvalue weighted by atomic mass is 9.98. The number of hydrogen-bond donors (Lipinski definition) is 2. The van der Waals surface area contributed by atoms with E-state index < -0.39 is 0 Å². The van der Waals surface area contributed by atoms with Crippen LogP contribution in [0.25, 0.3) is 0 Å². The molecule has 0 fully saturated rings. The summed E-state index contributed by atoms with van der Waals surface area (Å²) in [7, 11) is 0. The van der Waals surface area contributed by atoms with Crippen LogP contribution in [0.5, 0.6) is 0 Å². The lowest BCUT2D eigenvalue weighted by molar-refractivity contribution is 0.553. The van der Waals surface area contributed by atoms with E-state index in [4.69, 9.17) is 11.6 Å². The van der Waals surface area contributed by atoms with E-state index in [1.54, 1.807) is 0 Å². The molecule has 2 N–H and O–H groups in total. The molecule has 0 saturated heterocycles. The maximum absolute atomic E-state index is 6.25. The Hall–Kier alpha value is -1.32. The highest BCUT2D eigenvalue weighted by atomic mass is 35.5. The molecule has 1 aliphatic heterocycles. The van der Waals surface area contributed by atoms with Gasteiger partial charge in [0.2, 0.25) is 0 Å². The summed E-state index contributed by atoms with van der Waals surface area (Å²) in [4.78, 5) is 7.89. The molecule has 0 bridgehead atoms. The summed E-state index contributed by atoms with van der Waals surface area (Å²) in [5.74, 6) is 0.968. The van der Waals surface area contributed by atoms with Gasteiger partial charge >= 0.3 is 0 Å². The molecule has 3 nitrogen and oxygen atoms in total. The van der Waals surface area contributed by atoms with Crippen molar-refractivity contribution in [3.8, 4) is 0 Å². The van der Waals surface area contributed by atoms with Crippen molar-refractivity contribution in [1.82, 2.24) is 15.3 Å². The molecule has 17 heavy (non-hydrogen) atoms. The molecule has 2 heterocycles. The van der Waals surface area contributed by atoms with Crippen LogP contribution < -0.4 is 5.32 Å². The van der Waals surface area contributed by atoms with E-state index >= 15 is 0 Å². The first kappa shape index (κ1) is 10.8. The van der Waals surface area contributed by atoms with Gasteiger partial charge in [-0.2, -0.15) is 0 Å². The maximum atomic E-state index is 6.25. The highest BCUT2D eigenvalue weighted by Crippen LogP contribution is 2.31. The Bertz CT molecular complexity index is 547. The predicted octanol–water partition coefficient (Wildman–Crippen LogP) is 2.61. The number of aromatic nitrogens is 2. The van der Waals surface area contributed by atoms with Crippen LogP contribution in [0.1, 0.15) is 28.8 Å². The molecular weight excluding hydrogens is 234 g/mol. The summed E-state index contributed by atoms with van der Waals surface area (Å²) in [6.45, 7) is 2.94. The van der Waals surface area contributed by atoms with E-state index in [1.165, 1.54) is 5.69 Å². The van der Waals surface area contributed by atoms with Gasteiger partial charge in [-0.25, -0.2) is 4.98 Å². The number of aromatic amines is 1. The first-order chi connectivity index (χ1) is 8.25. The molecule has 1 aliphatic rings. The largest absolute Gasteiger partial charge is 0.346 e. The monoisotopic (exact) mass is 247 g/mol. The van der Waals surface area contributed by atoms with E-state index in [0.29, 0.717) is 0 Å². The van der Waals surface area contributed by atoms with Crippen molar-refractivity contribution in [2.45, 2.75) is 19.4 Å². The van der Waals surface area contributed by atoms with Crippen molar-refractivity contribution in [2.24, 2.45) is 0 Å². The molecule has 1 unspecified atom stereocenters. The average molecular weight is 248 g/mol. The molecule has 0 saturated carbocycles. The molecule has 4 heteroatoms. The second-order valence-corrected chi connectivity index (χ2v) is 4.75. The van der Waals surface area contributed by atoms with E-state index in [1.807, 2.05) is 25.1 Å². The van der Waals surface area contributed by atoms with Crippen LogP contribution in [-0.4, -0.2) is 16.5 Å². The number of aryl methyl sites for hydroxylation is 1. The van der Waals surface area contributed by atoms with Crippen molar-refractivity contribution < 1.29 is 0 Å². The molecule has 2 aromatic rings. The van der Waals surface area contributed by atoms with E-state index in [9.17, 15) is 0 Å². The van der Waals surface area contributed by atoms with Crippen molar-refractivity contribution >= 4 is 11.6 Å². The highest BCUT2D eigenvalue weighted by molar-refractivity contribution is 6.31. The standard InChI is InChI=1S/C13H14ClN3/c1-8-16-11-6-7-15-12(13(11)17-8)9-4-2-3-5-10(9)14/h2-5,12,15H,6-7H2,1H3,(H,16,17). The summed E-state index contributed by atoms with van der Waals surface area (Å²) >= 11 is 6.25. The number of fused-ring (bicyclic) bond motifs is 1. The zero-order valence-corrected chi connectivity index (χ0v) is 10.4. The van der Waals surface area contributed by atoms with Crippen LogP contribution in [0.2, 0.25) is 5.02 Å². The topological polar surface area (TPSA) is 40.7 Å². The number of nitrogens with one attached hydrogen (secondary N) is 2. The van der Waals surface area contributed by atoms with Crippen LogP contribution in [0.3, 0.4) is 0 Å². The average Bonchev–Trinajstić information content (AvgIpc) is 2.70. The summed E-state index contributed by atoms with van der Waals surface area (Å²) in [6.07, 6.45) is 0.997. The summed E-state index contributed by atoms with van der Waals surface area (Å²) in [5.41, 5.74) is 3.41. The molecule has 3 rings (SSSR count). The van der Waals surface area contributed by atoms with Crippen molar-refractivity contribution in [1.29, 1.82) is 0 Å². The fraction of sp³-hybridized carbons (Fsp3) is 0.308. The van der Waals surface area contributed by atoms with Gasteiger partial charge in [0.1, 0.15) is 5.82 Å². The minimum atomic E-state index is 0.109. The first-order valence-electron chi connectivity index (χ1n) is 5.79. The zero-order chi connectivity index (χ0) is 11.8. The van der Waals surface area contributed by atoms with Gasteiger partial charge in [0.25, 0.3) is 0 Å². The zero-order valence-electron chi connectivity index (χ0n) is 9.63. The Morgan fingerprint density at radius 3 is 3.00 bits per heavy atom. The third kappa shape index (κ3) is 1.85. The lowest BCUT2D eigenvalue weighted by Crippen LogP contribution is -2.30. The van der Waals surface area contributed by atoms with Gasteiger partial charge < -0.3 is 10.3 Å². The maximum Gasteiger partial charge on any atom is 0.103 e. The van der Waals surface area contributed by atoms with Gasteiger partial charge in [-0.15, -0.1) is 0 Å². The Kier molecular flexibility index (Phi) is 2.65. The molecule has 1 aromatic carbocycles. The summed E-state index contributed by atoms with van der Waals surface area (Å²) in [5, 5.41) is 4.27. The molecule has 0 aliphatic carbocycles. The van der Waals surface area contributed by atoms with Crippen LogP contribution in [0.4, 0.5) is 0 Å². The van der Waals surface area contributed by atoms with Gasteiger partial charge in [0.15, 0.2) is 0 Å². The molecule has 1 aromatic heterocycles. The molecule has 0 radical (unpaired) electrons. The number of nitrogens with zero attached hydrogens (tertiary/aromatic N) is 1. The third-order valence-electron chi connectivity index (χ3n) is 3.14. The SMILES string of the molecule is Cc1nc2c([nH]1)CCNC2c1ccccc1Cl. The number of halogens is 1. The number of rotatable bonds is 1. The number of H-pyrrole nitrogens is 1. The van der Waals surface area contributed by atoms with E-state index in [-0.39, 0.29) is 6.04 Å². The Morgan fingerprint density at radius 1 is 1.35 bits per heavy atom. The number of benzene rings is 1. The predicted molar refractivity (Wildman–Crippen MR) is 68.3 cm³/mol. The molecule has 0 spiro atoms. The van der Waals surface area contributed by atoms with Crippen LogP contribution in [0, 0.1) is 6.92 Å². The quantitative estimate of drug-likeness (QED) is 0.813. The minimum absolute atomic E-state index is 0.109. The van der Waals surface area contributed by atoms with Gasteiger partial charge in [0, 0.05) is 23.7 Å². The van der Waals surface area contributed by atoms with Crippen LogP contribution in [0.15, 0.2) is 24.3 Å². The number of hydrogen-bond acceptors (Lipinski definition) is 2. The van der Waals surface area contributed by atoms with Gasteiger partial charge in [-0.3, -0.25) is 0 Å². The fourth-order valence-electron chi connectivity index (χ4n) is 2.39. The fourth-order valence-corrected chi connectivity index (χ4v) is 2.64. The normalized spacial score (nSPS) is 19.1. The van der Waals surface area contributed by atoms with Crippen LogP contribution in [-0.2, 0) is 6.42 Å². The van der Waals surface area contributed by atoms with Crippen molar-refractivity contribution in [2.75, 3.05) is 6.54 Å². The molecular formula is C13H14ClN3. The number of imidazole rings is 1. The Balaban J connectivity index is 2.09. The third-order valence-corrected chi connectivity index (χ3v) is 3.49. The highest BCUT2D eigenvalue weighted by Gasteiger charge is 2.25.